The van der Waals surface area contributed by atoms with Gasteiger partial charge in [-0.05, 0) is 79.8 Å². The van der Waals surface area contributed by atoms with Gasteiger partial charge in [0.25, 0.3) is 5.91 Å². The molecule has 3 heterocycles. The summed E-state index contributed by atoms with van der Waals surface area (Å²) < 4.78 is 3.84. The van der Waals surface area contributed by atoms with Gasteiger partial charge in [0.05, 0.1) is 28.6 Å². The van der Waals surface area contributed by atoms with Crippen LogP contribution in [0.1, 0.15) is 46.3 Å². The third-order valence-corrected chi connectivity index (χ3v) is 7.05. The molecule has 1 amide bonds. The highest BCUT2D eigenvalue weighted by Crippen LogP contribution is 2.41. The minimum absolute atomic E-state index is 0.336. The molecule has 0 atom stereocenters. The van der Waals surface area contributed by atoms with Gasteiger partial charge in [0, 0.05) is 47.7 Å². The molecule has 37 heavy (non-hydrogen) atoms. The van der Waals surface area contributed by atoms with Gasteiger partial charge in [-0.3, -0.25) is 14.3 Å². The number of nitriles is 1. The summed E-state index contributed by atoms with van der Waals surface area (Å²) in [6.07, 6.45) is 9.53. The van der Waals surface area contributed by atoms with Crippen LogP contribution in [0.2, 0.25) is 0 Å². The van der Waals surface area contributed by atoms with E-state index in [9.17, 15) is 15.2 Å². The van der Waals surface area contributed by atoms with Gasteiger partial charge in [-0.25, -0.2) is 4.52 Å². The first kappa shape index (κ1) is 22.7. The molecule has 0 bridgehead atoms. The molecule has 0 aliphatic heterocycles. The van der Waals surface area contributed by atoms with Crippen molar-refractivity contribution in [2.75, 3.05) is 5.32 Å². The predicted octanol–water partition coefficient (Wildman–Crippen LogP) is 4.99. The first-order valence-electron chi connectivity index (χ1n) is 12.1. The third-order valence-electron chi connectivity index (χ3n) is 7.05. The number of anilines is 1. The molecule has 0 spiro atoms. The van der Waals surface area contributed by atoms with Crippen molar-refractivity contribution in [3.8, 4) is 23.0 Å². The Morgan fingerprint density at radius 3 is 2.73 bits per heavy atom. The van der Waals surface area contributed by atoms with E-state index in [4.69, 9.17) is 0 Å². The molecule has 6 rings (SSSR count). The van der Waals surface area contributed by atoms with Gasteiger partial charge in [-0.2, -0.15) is 10.4 Å². The molecule has 0 radical (unpaired) electrons. The van der Waals surface area contributed by atoms with Crippen LogP contribution in [0.15, 0.2) is 79.4 Å². The van der Waals surface area contributed by atoms with Crippen LogP contribution in [-0.2, 0) is 5.60 Å². The summed E-state index contributed by atoms with van der Waals surface area (Å²) in [6.45, 7) is 2.01. The first-order chi connectivity index (χ1) is 17.9. The largest absolute Gasteiger partial charge is 0.385 e. The van der Waals surface area contributed by atoms with E-state index >= 15 is 0 Å². The molecule has 3 aromatic heterocycles. The van der Waals surface area contributed by atoms with Crippen molar-refractivity contribution in [3.05, 3.63) is 102 Å². The van der Waals surface area contributed by atoms with E-state index in [1.807, 2.05) is 64.8 Å². The molecule has 8 heteroatoms. The second kappa shape index (κ2) is 8.73. The number of aromatic nitrogens is 4. The summed E-state index contributed by atoms with van der Waals surface area (Å²) in [5.74, 6) is -0.336. The van der Waals surface area contributed by atoms with Gasteiger partial charge in [-0.15, -0.1) is 0 Å². The van der Waals surface area contributed by atoms with Crippen molar-refractivity contribution < 1.29 is 9.90 Å². The molecule has 1 aliphatic rings. The number of rotatable bonds is 5. The first-order valence-corrected chi connectivity index (χ1v) is 12.1. The molecule has 1 saturated carbocycles. The van der Waals surface area contributed by atoms with Crippen LogP contribution in [0.5, 0.6) is 0 Å². The van der Waals surface area contributed by atoms with Crippen LogP contribution >= 0.6 is 0 Å². The second-order valence-electron chi connectivity index (χ2n) is 9.49. The van der Waals surface area contributed by atoms with Crippen molar-refractivity contribution in [2.45, 2.75) is 31.8 Å². The Kier molecular flexibility index (Phi) is 5.36. The number of imidazole rings is 1. The lowest BCUT2D eigenvalue weighted by molar-refractivity contribution is -0.0388. The van der Waals surface area contributed by atoms with Crippen molar-refractivity contribution in [1.82, 2.24) is 19.2 Å². The van der Waals surface area contributed by atoms with Gasteiger partial charge in [0.15, 0.2) is 0 Å². The zero-order chi connectivity index (χ0) is 25.6. The number of benzene rings is 2. The van der Waals surface area contributed by atoms with Gasteiger partial charge in [0.2, 0.25) is 0 Å². The standard InChI is InChI=1S/C29H24N6O2/c1-19-5-6-24(32-28(36)22-12-20(17-30)13-23(14-22)29(37)7-3-8-29)15-26(19)34-10-11-35-27(34)16-25(33-35)21-4-2-9-31-18-21/h2,4-6,9-16,18,37H,3,7-8H2,1H3,(H,32,36). The van der Waals surface area contributed by atoms with E-state index in [1.165, 1.54) is 0 Å². The highest BCUT2D eigenvalue weighted by molar-refractivity contribution is 6.04. The Bertz CT molecular complexity index is 1690. The smallest absolute Gasteiger partial charge is 0.255 e. The van der Waals surface area contributed by atoms with Crippen molar-refractivity contribution in [3.63, 3.8) is 0 Å². The Morgan fingerprint density at radius 2 is 2.00 bits per heavy atom. The Hall–Kier alpha value is -4.74. The predicted molar refractivity (Wildman–Crippen MR) is 139 cm³/mol. The maximum Gasteiger partial charge on any atom is 0.255 e. The van der Waals surface area contributed by atoms with Crippen molar-refractivity contribution in [1.29, 1.82) is 5.26 Å². The Labute approximate surface area is 213 Å². The number of pyridine rings is 1. The normalized spacial score (nSPS) is 14.2. The Balaban J connectivity index is 1.32. The van der Waals surface area contributed by atoms with Crippen LogP contribution in [0, 0.1) is 18.3 Å². The molecule has 2 N–H and O–H groups in total. The summed E-state index contributed by atoms with van der Waals surface area (Å²) in [4.78, 5) is 17.4. The fourth-order valence-corrected chi connectivity index (χ4v) is 4.78. The molecule has 0 unspecified atom stereocenters. The number of carbonyl (C=O) groups is 1. The van der Waals surface area contributed by atoms with E-state index in [2.05, 4.69) is 21.5 Å². The average Bonchev–Trinajstić information content (AvgIpc) is 3.50. The summed E-state index contributed by atoms with van der Waals surface area (Å²) >= 11 is 0. The number of nitrogens with one attached hydrogen (secondary N) is 1. The van der Waals surface area contributed by atoms with Crippen LogP contribution in [0.4, 0.5) is 5.69 Å². The van der Waals surface area contributed by atoms with Crippen molar-refractivity contribution in [2.24, 2.45) is 0 Å². The summed E-state index contributed by atoms with van der Waals surface area (Å²) in [5, 5.41) is 27.9. The second-order valence-corrected chi connectivity index (χ2v) is 9.49. The molecule has 8 nitrogen and oxygen atoms in total. The SMILES string of the molecule is Cc1ccc(NC(=O)c2cc(C#N)cc(C3(O)CCC3)c2)cc1-n1ccn2nc(-c3cccnc3)cc12. The molecule has 1 aliphatic carbocycles. The number of nitrogens with zero attached hydrogens (tertiary/aromatic N) is 5. The minimum Gasteiger partial charge on any atom is -0.385 e. The van der Waals surface area contributed by atoms with E-state index in [0.717, 1.165) is 34.6 Å². The number of aliphatic hydroxyl groups is 1. The summed E-state index contributed by atoms with van der Waals surface area (Å²) in [7, 11) is 0. The zero-order valence-corrected chi connectivity index (χ0v) is 20.2. The van der Waals surface area contributed by atoms with E-state index in [-0.39, 0.29) is 5.91 Å². The van der Waals surface area contributed by atoms with Gasteiger partial charge >= 0.3 is 0 Å². The molecular weight excluding hydrogens is 464 g/mol. The maximum atomic E-state index is 13.2. The number of fused-ring (bicyclic) bond motifs is 1. The van der Waals surface area contributed by atoms with E-state index < -0.39 is 5.60 Å². The molecule has 182 valence electrons. The number of hydrogen-bond acceptors (Lipinski definition) is 5. The molecule has 1 fully saturated rings. The maximum absolute atomic E-state index is 13.2. The van der Waals surface area contributed by atoms with Crippen LogP contribution in [-0.4, -0.2) is 30.2 Å². The molecule has 2 aromatic carbocycles. The average molecular weight is 489 g/mol. The summed E-state index contributed by atoms with van der Waals surface area (Å²) in [5.41, 5.74) is 5.54. The quantitative estimate of drug-likeness (QED) is 0.362. The van der Waals surface area contributed by atoms with Gasteiger partial charge < -0.3 is 10.4 Å². The monoisotopic (exact) mass is 488 g/mol. The zero-order valence-electron chi connectivity index (χ0n) is 20.2. The third kappa shape index (κ3) is 4.05. The van der Waals surface area contributed by atoms with Crippen molar-refractivity contribution >= 4 is 17.2 Å². The number of amides is 1. The molecule has 0 saturated heterocycles. The highest BCUT2D eigenvalue weighted by Gasteiger charge is 2.37. The molecular formula is C29H24N6O2. The number of aryl methyl sites for hydroxylation is 1. The topological polar surface area (TPSA) is 108 Å². The van der Waals surface area contributed by atoms with Gasteiger partial charge in [-0.1, -0.05) is 6.07 Å². The van der Waals surface area contributed by atoms with Gasteiger partial charge in [0.1, 0.15) is 5.65 Å². The Morgan fingerprint density at radius 1 is 1.14 bits per heavy atom. The number of hydrogen-bond donors (Lipinski definition) is 2. The van der Waals surface area contributed by atoms with E-state index in [1.54, 1.807) is 30.6 Å². The lowest BCUT2D eigenvalue weighted by atomic mass is 9.74. The van der Waals surface area contributed by atoms with E-state index in [0.29, 0.717) is 35.2 Å². The lowest BCUT2D eigenvalue weighted by Gasteiger charge is -2.37. The molecule has 5 aromatic rings. The summed E-state index contributed by atoms with van der Waals surface area (Å²) in [6, 6.07) is 18.6. The minimum atomic E-state index is -0.960. The highest BCUT2D eigenvalue weighted by atomic mass is 16.3. The fraction of sp³-hybridized carbons (Fsp3) is 0.172. The lowest BCUT2D eigenvalue weighted by Crippen LogP contribution is -2.34. The number of carbonyl (C=O) groups excluding carboxylic acids is 1. The van der Waals surface area contributed by atoms with Crippen LogP contribution < -0.4 is 5.32 Å². The van der Waals surface area contributed by atoms with Crippen LogP contribution in [0.25, 0.3) is 22.6 Å². The fourth-order valence-electron chi connectivity index (χ4n) is 4.78. The van der Waals surface area contributed by atoms with Crippen LogP contribution in [0.3, 0.4) is 0 Å².